The average Bonchev–Trinajstić information content (AvgIpc) is 3.06. The smallest absolute Gasteiger partial charge is 0.241 e. The molecule has 0 aliphatic carbocycles. The maximum Gasteiger partial charge on any atom is 0.241 e. The molecular formula is C17H15NO5S. The molecule has 1 heterocycles. The Balaban J connectivity index is 1.47. The molecule has 0 amide bonds. The largest absolute Gasteiger partial charge is 0.481 e. The Morgan fingerprint density at radius 1 is 1.04 bits per heavy atom. The zero-order valence-electron chi connectivity index (χ0n) is 12.7. The van der Waals surface area contributed by atoms with Gasteiger partial charge in [0, 0.05) is 6.07 Å². The quantitative estimate of drug-likeness (QED) is 0.836. The summed E-state index contributed by atoms with van der Waals surface area (Å²) in [5, 5.41) is 0. The minimum absolute atomic E-state index is 0.0156. The maximum absolute atomic E-state index is 12.0. The van der Waals surface area contributed by atoms with Crippen LogP contribution in [0.5, 0.6) is 17.2 Å². The van der Waals surface area contributed by atoms with Gasteiger partial charge in [-0.1, -0.05) is 30.0 Å². The van der Waals surface area contributed by atoms with Gasteiger partial charge in [0.1, 0.15) is 12.4 Å². The van der Waals surface area contributed by atoms with Gasteiger partial charge in [0.25, 0.3) is 0 Å². The van der Waals surface area contributed by atoms with Crippen molar-refractivity contribution in [2.75, 3.05) is 19.9 Å². The van der Waals surface area contributed by atoms with Crippen LogP contribution >= 0.6 is 0 Å². The Bertz CT molecular complexity index is 869. The Labute approximate surface area is 140 Å². The van der Waals surface area contributed by atoms with E-state index in [1.54, 1.807) is 36.4 Å². The van der Waals surface area contributed by atoms with E-state index >= 15 is 0 Å². The lowest BCUT2D eigenvalue weighted by atomic mass is 10.3. The topological polar surface area (TPSA) is 73.9 Å². The van der Waals surface area contributed by atoms with Crippen LogP contribution in [0.2, 0.25) is 0 Å². The highest BCUT2D eigenvalue weighted by molar-refractivity contribution is 7.89. The van der Waals surface area contributed by atoms with Crippen LogP contribution in [-0.2, 0) is 10.0 Å². The average molecular weight is 345 g/mol. The number of sulfonamides is 1. The maximum atomic E-state index is 12.0. The molecule has 0 saturated carbocycles. The van der Waals surface area contributed by atoms with Crippen LogP contribution < -0.4 is 18.9 Å². The van der Waals surface area contributed by atoms with Crippen molar-refractivity contribution in [2.24, 2.45) is 0 Å². The summed E-state index contributed by atoms with van der Waals surface area (Å²) in [5.74, 6) is 7.40. The van der Waals surface area contributed by atoms with Crippen molar-refractivity contribution in [1.82, 2.24) is 4.72 Å². The third kappa shape index (κ3) is 3.98. The Kier molecular flexibility index (Phi) is 4.89. The molecule has 0 bridgehead atoms. The van der Waals surface area contributed by atoms with Crippen molar-refractivity contribution in [3.8, 4) is 29.1 Å². The fourth-order valence-corrected chi connectivity index (χ4v) is 2.96. The van der Waals surface area contributed by atoms with Crippen LogP contribution in [0.3, 0.4) is 0 Å². The predicted octanol–water partition coefficient (Wildman–Crippen LogP) is 1.78. The van der Waals surface area contributed by atoms with Crippen molar-refractivity contribution in [1.29, 1.82) is 0 Å². The van der Waals surface area contributed by atoms with Crippen LogP contribution in [0, 0.1) is 11.8 Å². The first-order valence-electron chi connectivity index (χ1n) is 7.18. The number of benzene rings is 2. The van der Waals surface area contributed by atoms with Crippen LogP contribution in [-0.4, -0.2) is 28.4 Å². The van der Waals surface area contributed by atoms with E-state index in [4.69, 9.17) is 14.2 Å². The van der Waals surface area contributed by atoms with Gasteiger partial charge in [-0.25, -0.2) is 8.42 Å². The summed E-state index contributed by atoms with van der Waals surface area (Å²) in [6, 6.07) is 13.4. The van der Waals surface area contributed by atoms with Gasteiger partial charge in [-0.15, -0.1) is 0 Å². The highest BCUT2D eigenvalue weighted by Gasteiger charge is 2.13. The molecule has 3 rings (SSSR count). The van der Waals surface area contributed by atoms with Crippen molar-refractivity contribution in [3.63, 3.8) is 0 Å². The van der Waals surface area contributed by atoms with Gasteiger partial charge >= 0.3 is 0 Å². The molecule has 7 heteroatoms. The zero-order chi connectivity index (χ0) is 16.8. The summed E-state index contributed by atoms with van der Waals surface area (Å²) in [6.07, 6.45) is 0. The first-order chi connectivity index (χ1) is 11.6. The number of hydrogen-bond acceptors (Lipinski definition) is 5. The summed E-state index contributed by atoms with van der Waals surface area (Å²) in [4.78, 5) is 0.211. The Morgan fingerprint density at radius 3 is 2.67 bits per heavy atom. The number of hydrogen-bond donors (Lipinski definition) is 1. The Hall–Kier alpha value is -2.69. The summed E-state index contributed by atoms with van der Waals surface area (Å²) in [5.41, 5.74) is 0. The first-order valence-corrected chi connectivity index (χ1v) is 8.66. The number of ether oxygens (including phenoxy) is 3. The van der Waals surface area contributed by atoms with Crippen LogP contribution in [0.1, 0.15) is 0 Å². The molecule has 0 unspecified atom stereocenters. The minimum atomic E-state index is -3.53. The number of rotatable bonds is 5. The van der Waals surface area contributed by atoms with Gasteiger partial charge in [-0.2, -0.15) is 4.72 Å². The molecule has 0 radical (unpaired) electrons. The fraction of sp³-hybridized carbons (Fsp3) is 0.176. The van der Waals surface area contributed by atoms with E-state index in [1.807, 2.05) is 0 Å². The third-order valence-corrected chi connectivity index (χ3v) is 4.60. The van der Waals surface area contributed by atoms with E-state index in [2.05, 4.69) is 16.6 Å². The van der Waals surface area contributed by atoms with Crippen LogP contribution in [0.4, 0.5) is 0 Å². The van der Waals surface area contributed by atoms with Crippen LogP contribution in [0.15, 0.2) is 53.4 Å². The lowest BCUT2D eigenvalue weighted by Gasteiger charge is -2.03. The lowest BCUT2D eigenvalue weighted by Crippen LogP contribution is -2.23. The molecule has 124 valence electrons. The molecule has 2 aromatic carbocycles. The molecule has 2 aromatic rings. The molecular weight excluding hydrogens is 330 g/mol. The molecule has 0 spiro atoms. The van der Waals surface area contributed by atoms with E-state index in [0.29, 0.717) is 17.2 Å². The van der Waals surface area contributed by atoms with E-state index in [0.717, 1.165) is 0 Å². The molecule has 0 fully saturated rings. The van der Waals surface area contributed by atoms with E-state index in [1.165, 1.54) is 12.1 Å². The standard InChI is InChI=1S/C17H15NO5S/c19-24(20,15-6-2-1-3-7-15)18-10-4-5-11-21-14-8-9-16-17(12-14)23-13-22-16/h1-3,6-9,12,18H,10-11,13H2. The minimum Gasteiger partial charge on any atom is -0.481 e. The molecule has 0 aromatic heterocycles. The summed E-state index contributed by atoms with van der Waals surface area (Å²) in [7, 11) is -3.53. The van der Waals surface area contributed by atoms with Gasteiger partial charge in [-0.05, 0) is 24.3 Å². The van der Waals surface area contributed by atoms with Crippen molar-refractivity contribution >= 4 is 10.0 Å². The van der Waals surface area contributed by atoms with Gasteiger partial charge < -0.3 is 14.2 Å². The zero-order valence-corrected chi connectivity index (χ0v) is 13.5. The molecule has 1 aliphatic rings. The lowest BCUT2D eigenvalue weighted by molar-refractivity contribution is 0.174. The second kappa shape index (κ2) is 7.25. The summed E-state index contributed by atoms with van der Waals surface area (Å²) in [6.45, 7) is 0.370. The molecule has 1 N–H and O–H groups in total. The van der Waals surface area contributed by atoms with E-state index in [9.17, 15) is 8.42 Å². The highest BCUT2D eigenvalue weighted by atomic mass is 32.2. The van der Waals surface area contributed by atoms with Crippen LogP contribution in [0.25, 0.3) is 0 Å². The molecule has 6 nitrogen and oxygen atoms in total. The molecule has 24 heavy (non-hydrogen) atoms. The second-order valence-electron chi connectivity index (χ2n) is 4.79. The molecule has 1 aliphatic heterocycles. The van der Waals surface area contributed by atoms with Gasteiger partial charge in [0.2, 0.25) is 16.8 Å². The fourth-order valence-electron chi connectivity index (χ4n) is 2.01. The van der Waals surface area contributed by atoms with Crippen molar-refractivity contribution in [3.05, 3.63) is 48.5 Å². The van der Waals surface area contributed by atoms with Gasteiger partial charge in [-0.3, -0.25) is 0 Å². The normalized spacial score (nSPS) is 12.3. The Morgan fingerprint density at radius 2 is 1.83 bits per heavy atom. The van der Waals surface area contributed by atoms with E-state index < -0.39 is 10.0 Å². The summed E-state index contributed by atoms with van der Waals surface area (Å²) >= 11 is 0. The SMILES string of the molecule is O=S(=O)(NCC#CCOc1ccc2c(c1)OCO2)c1ccccc1. The van der Waals surface area contributed by atoms with Gasteiger partial charge in [0.05, 0.1) is 11.4 Å². The monoisotopic (exact) mass is 345 g/mol. The number of nitrogens with one attached hydrogen (secondary N) is 1. The van der Waals surface area contributed by atoms with Crippen molar-refractivity contribution in [2.45, 2.75) is 4.90 Å². The molecule has 0 atom stereocenters. The first kappa shape index (κ1) is 16.2. The van der Waals surface area contributed by atoms with Crippen molar-refractivity contribution < 1.29 is 22.6 Å². The number of fused-ring (bicyclic) bond motifs is 1. The third-order valence-electron chi connectivity index (χ3n) is 3.18. The highest BCUT2D eigenvalue weighted by Crippen LogP contribution is 2.34. The second-order valence-corrected chi connectivity index (χ2v) is 6.56. The molecule has 0 saturated heterocycles. The predicted molar refractivity (Wildman–Crippen MR) is 87.5 cm³/mol. The summed E-state index contributed by atoms with van der Waals surface area (Å²) < 4.78 is 42.3. The van der Waals surface area contributed by atoms with E-state index in [-0.39, 0.29) is 24.8 Å². The van der Waals surface area contributed by atoms with Gasteiger partial charge in [0.15, 0.2) is 11.5 Å².